The van der Waals surface area contributed by atoms with E-state index in [0.717, 1.165) is 0 Å². The molecular formula is C7H4F3NO2. The van der Waals surface area contributed by atoms with Crippen LogP contribution in [0, 0.1) is 5.82 Å². The number of aromatic nitrogens is 1. The van der Waals surface area contributed by atoms with Gasteiger partial charge in [0.1, 0.15) is 11.4 Å². The molecule has 1 heterocycles. The van der Waals surface area contributed by atoms with Crippen molar-refractivity contribution in [2.75, 3.05) is 0 Å². The maximum atomic E-state index is 12.9. The number of aldehydes is 1. The van der Waals surface area contributed by atoms with Gasteiger partial charge in [-0.15, -0.1) is 0 Å². The van der Waals surface area contributed by atoms with Gasteiger partial charge in [0, 0.05) is 0 Å². The Morgan fingerprint density at radius 2 is 2.15 bits per heavy atom. The summed E-state index contributed by atoms with van der Waals surface area (Å²) in [6, 6.07) is 0. The van der Waals surface area contributed by atoms with Gasteiger partial charge in [0.15, 0.2) is 12.1 Å². The topological polar surface area (TPSA) is 50.2 Å². The molecule has 70 valence electrons. The van der Waals surface area contributed by atoms with Crippen LogP contribution in [-0.4, -0.2) is 16.4 Å². The molecule has 0 atom stereocenters. The van der Waals surface area contributed by atoms with Gasteiger partial charge < -0.3 is 5.11 Å². The van der Waals surface area contributed by atoms with Gasteiger partial charge in [0.2, 0.25) is 0 Å². The minimum absolute atomic E-state index is 0.0434. The van der Waals surface area contributed by atoms with E-state index in [9.17, 15) is 18.0 Å². The highest BCUT2D eigenvalue weighted by molar-refractivity contribution is 5.79. The summed E-state index contributed by atoms with van der Waals surface area (Å²) < 4.78 is 36.8. The average Bonchev–Trinajstić information content (AvgIpc) is 2.04. The molecule has 0 saturated heterocycles. The minimum atomic E-state index is -3.11. The first-order valence-electron chi connectivity index (χ1n) is 3.18. The zero-order chi connectivity index (χ0) is 10.0. The second-order valence-electron chi connectivity index (χ2n) is 2.17. The molecule has 1 aromatic rings. The Bertz CT molecular complexity index is 341. The number of alkyl halides is 2. The minimum Gasteiger partial charge on any atom is -0.505 e. The maximum Gasteiger partial charge on any atom is 0.283 e. The molecule has 0 spiro atoms. The molecule has 1 rings (SSSR count). The van der Waals surface area contributed by atoms with Gasteiger partial charge in [-0.1, -0.05) is 0 Å². The van der Waals surface area contributed by atoms with Crippen molar-refractivity contribution in [1.82, 2.24) is 4.98 Å². The van der Waals surface area contributed by atoms with Crippen molar-refractivity contribution < 1.29 is 23.1 Å². The summed E-state index contributed by atoms with van der Waals surface area (Å²) in [6.07, 6.45) is -2.55. The maximum absolute atomic E-state index is 12.9. The van der Waals surface area contributed by atoms with E-state index in [1.54, 1.807) is 0 Å². The molecule has 1 N–H and O–H groups in total. The predicted molar refractivity (Wildman–Crippen MR) is 36.2 cm³/mol. The van der Waals surface area contributed by atoms with Crippen LogP contribution in [0.4, 0.5) is 13.2 Å². The Hall–Kier alpha value is -1.59. The first kappa shape index (κ1) is 9.50. The van der Waals surface area contributed by atoms with Crippen LogP contribution < -0.4 is 0 Å². The molecule has 0 fully saturated rings. The van der Waals surface area contributed by atoms with E-state index in [-0.39, 0.29) is 6.29 Å². The second-order valence-corrected chi connectivity index (χ2v) is 2.17. The van der Waals surface area contributed by atoms with Crippen LogP contribution in [0.15, 0.2) is 6.20 Å². The molecule has 0 aromatic carbocycles. The fourth-order valence-corrected chi connectivity index (χ4v) is 0.772. The lowest BCUT2D eigenvalue weighted by Gasteiger charge is -2.03. The van der Waals surface area contributed by atoms with E-state index in [1.165, 1.54) is 0 Å². The van der Waals surface area contributed by atoms with Gasteiger partial charge in [-0.05, 0) is 0 Å². The molecule has 0 aliphatic heterocycles. The van der Waals surface area contributed by atoms with Gasteiger partial charge >= 0.3 is 0 Å². The van der Waals surface area contributed by atoms with E-state index in [1.807, 2.05) is 0 Å². The van der Waals surface area contributed by atoms with E-state index < -0.39 is 29.2 Å². The van der Waals surface area contributed by atoms with Crippen LogP contribution in [0.5, 0.6) is 5.75 Å². The van der Waals surface area contributed by atoms with E-state index in [0.29, 0.717) is 6.20 Å². The SMILES string of the molecule is O=Cc1c(O)cnc(C(F)F)c1F. The van der Waals surface area contributed by atoms with Crippen LogP contribution in [0.25, 0.3) is 0 Å². The molecule has 0 amide bonds. The average molecular weight is 191 g/mol. The number of carbonyl (C=O) groups excluding carboxylic acids is 1. The molecule has 1 aromatic heterocycles. The second kappa shape index (κ2) is 3.42. The Morgan fingerprint density at radius 1 is 1.54 bits per heavy atom. The number of nitrogens with zero attached hydrogens (tertiary/aromatic N) is 1. The van der Waals surface area contributed by atoms with Gasteiger partial charge in [-0.25, -0.2) is 18.2 Å². The van der Waals surface area contributed by atoms with E-state index in [4.69, 9.17) is 5.11 Å². The number of pyridine rings is 1. The van der Waals surface area contributed by atoms with Crippen molar-refractivity contribution in [2.45, 2.75) is 6.43 Å². The molecular weight excluding hydrogens is 187 g/mol. The lowest BCUT2D eigenvalue weighted by Crippen LogP contribution is -2.00. The quantitative estimate of drug-likeness (QED) is 0.723. The smallest absolute Gasteiger partial charge is 0.283 e. The van der Waals surface area contributed by atoms with Gasteiger partial charge in [0.25, 0.3) is 6.43 Å². The molecule has 13 heavy (non-hydrogen) atoms. The Kier molecular flexibility index (Phi) is 2.50. The highest BCUT2D eigenvalue weighted by Gasteiger charge is 2.20. The monoisotopic (exact) mass is 191 g/mol. The van der Waals surface area contributed by atoms with Crippen LogP contribution >= 0.6 is 0 Å². The Balaban J connectivity index is 3.35. The molecule has 0 unspecified atom stereocenters. The molecule has 0 radical (unpaired) electrons. The summed E-state index contributed by atoms with van der Waals surface area (Å²) in [4.78, 5) is 13.1. The van der Waals surface area contributed by atoms with Crippen LogP contribution in [0.3, 0.4) is 0 Å². The van der Waals surface area contributed by atoms with Crippen LogP contribution in [-0.2, 0) is 0 Å². The van der Waals surface area contributed by atoms with E-state index in [2.05, 4.69) is 4.98 Å². The van der Waals surface area contributed by atoms with Crippen molar-refractivity contribution in [3.63, 3.8) is 0 Å². The normalized spacial score (nSPS) is 10.5. The van der Waals surface area contributed by atoms with Crippen molar-refractivity contribution in [3.05, 3.63) is 23.3 Å². The molecule has 0 bridgehead atoms. The summed E-state index contributed by atoms with van der Waals surface area (Å²) in [6.45, 7) is 0. The van der Waals surface area contributed by atoms with Crippen molar-refractivity contribution >= 4 is 6.29 Å². The number of carbonyl (C=O) groups is 1. The fraction of sp³-hybridized carbons (Fsp3) is 0.143. The standard InChI is InChI=1S/C7H4F3NO2/c8-5-3(2-12)4(13)1-11-6(5)7(9)10/h1-2,7,13H. The molecule has 0 aliphatic carbocycles. The zero-order valence-corrected chi connectivity index (χ0v) is 6.17. The number of halogens is 3. The number of aromatic hydroxyl groups is 1. The van der Waals surface area contributed by atoms with Gasteiger partial charge in [0.05, 0.1) is 11.8 Å². The number of hydrogen-bond acceptors (Lipinski definition) is 3. The first-order valence-corrected chi connectivity index (χ1v) is 3.18. The highest BCUT2D eigenvalue weighted by atomic mass is 19.3. The first-order chi connectivity index (χ1) is 6.07. The largest absolute Gasteiger partial charge is 0.505 e. The molecule has 0 aliphatic rings. The predicted octanol–water partition coefficient (Wildman–Crippen LogP) is 1.68. The Morgan fingerprint density at radius 3 is 2.62 bits per heavy atom. The highest BCUT2D eigenvalue weighted by Crippen LogP contribution is 2.25. The van der Waals surface area contributed by atoms with Crippen molar-refractivity contribution in [3.8, 4) is 5.75 Å². The third-order valence-electron chi connectivity index (χ3n) is 1.39. The summed E-state index contributed by atoms with van der Waals surface area (Å²) in [5.74, 6) is -2.23. The summed E-state index contributed by atoms with van der Waals surface area (Å²) in [5, 5.41) is 8.82. The van der Waals surface area contributed by atoms with Gasteiger partial charge in [-0.2, -0.15) is 0 Å². The molecule has 3 nitrogen and oxygen atoms in total. The summed E-state index contributed by atoms with van der Waals surface area (Å²) in [7, 11) is 0. The van der Waals surface area contributed by atoms with Crippen molar-refractivity contribution in [1.29, 1.82) is 0 Å². The lowest BCUT2D eigenvalue weighted by molar-refractivity contribution is 0.111. The fourth-order valence-electron chi connectivity index (χ4n) is 0.772. The van der Waals surface area contributed by atoms with Crippen molar-refractivity contribution in [2.24, 2.45) is 0 Å². The van der Waals surface area contributed by atoms with Gasteiger partial charge in [-0.3, -0.25) is 4.79 Å². The van der Waals surface area contributed by atoms with Crippen LogP contribution in [0.2, 0.25) is 0 Å². The third kappa shape index (κ3) is 1.61. The lowest BCUT2D eigenvalue weighted by atomic mass is 10.2. The summed E-state index contributed by atoms with van der Waals surface area (Å²) in [5.41, 5.74) is -1.94. The number of rotatable bonds is 2. The summed E-state index contributed by atoms with van der Waals surface area (Å²) >= 11 is 0. The zero-order valence-electron chi connectivity index (χ0n) is 6.17. The Labute approximate surface area is 70.8 Å². The van der Waals surface area contributed by atoms with Crippen LogP contribution in [0.1, 0.15) is 22.5 Å². The third-order valence-corrected chi connectivity index (χ3v) is 1.39. The molecule has 6 heteroatoms. The van der Waals surface area contributed by atoms with E-state index >= 15 is 0 Å². The number of hydrogen-bond donors (Lipinski definition) is 1. The molecule has 0 saturated carbocycles.